The van der Waals surface area contributed by atoms with Crippen molar-refractivity contribution in [2.75, 3.05) is 19.0 Å². The highest BCUT2D eigenvalue weighted by Gasteiger charge is 2.12. The van der Waals surface area contributed by atoms with Gasteiger partial charge in [-0.3, -0.25) is 4.79 Å². The zero-order valence-electron chi connectivity index (χ0n) is 14.1. The van der Waals surface area contributed by atoms with Gasteiger partial charge in [0, 0.05) is 11.3 Å². The molecule has 0 heterocycles. The molecule has 0 aliphatic rings. The van der Waals surface area contributed by atoms with Crippen LogP contribution in [0.3, 0.4) is 0 Å². The highest BCUT2D eigenvalue weighted by Crippen LogP contribution is 2.13. The summed E-state index contributed by atoms with van der Waals surface area (Å²) >= 11 is 0. The van der Waals surface area contributed by atoms with E-state index in [4.69, 9.17) is 4.74 Å². The number of benzene rings is 2. The molecule has 0 saturated carbocycles. The van der Waals surface area contributed by atoms with Crippen molar-refractivity contribution in [3.05, 3.63) is 65.2 Å². The lowest BCUT2D eigenvalue weighted by Crippen LogP contribution is -2.13. The van der Waals surface area contributed by atoms with E-state index in [2.05, 4.69) is 10.1 Å². The molecule has 6 nitrogen and oxygen atoms in total. The molecule has 25 heavy (non-hydrogen) atoms. The van der Waals surface area contributed by atoms with Crippen molar-refractivity contribution >= 4 is 23.5 Å². The first kappa shape index (κ1) is 18.2. The van der Waals surface area contributed by atoms with Crippen molar-refractivity contribution in [2.45, 2.75) is 13.3 Å². The fraction of sp³-hybridized carbons (Fsp3) is 0.211. The number of carbonyl (C=O) groups is 3. The van der Waals surface area contributed by atoms with Gasteiger partial charge in [0.25, 0.3) is 5.91 Å². The molecule has 2 aromatic carbocycles. The van der Waals surface area contributed by atoms with Crippen LogP contribution >= 0.6 is 0 Å². The Morgan fingerprint density at radius 1 is 0.920 bits per heavy atom. The second-order valence-electron chi connectivity index (χ2n) is 5.24. The number of carbonyl (C=O) groups excluding carboxylic acids is 3. The van der Waals surface area contributed by atoms with Crippen molar-refractivity contribution in [1.29, 1.82) is 0 Å². The van der Waals surface area contributed by atoms with Gasteiger partial charge in [-0.1, -0.05) is 13.0 Å². The van der Waals surface area contributed by atoms with Crippen molar-refractivity contribution in [2.24, 2.45) is 0 Å². The van der Waals surface area contributed by atoms with Crippen LogP contribution in [0.2, 0.25) is 0 Å². The third kappa shape index (κ3) is 4.91. The summed E-state index contributed by atoms with van der Waals surface area (Å²) in [5, 5.41) is 2.71. The molecule has 0 aliphatic carbocycles. The molecule has 2 rings (SSSR count). The smallest absolute Gasteiger partial charge is 0.338 e. The molecule has 0 atom stereocenters. The van der Waals surface area contributed by atoms with Crippen molar-refractivity contribution in [3.63, 3.8) is 0 Å². The summed E-state index contributed by atoms with van der Waals surface area (Å²) in [6, 6.07) is 12.6. The molecular formula is C19H19NO5. The van der Waals surface area contributed by atoms with Gasteiger partial charge in [-0.25, -0.2) is 9.59 Å². The Bertz CT molecular complexity index is 768. The lowest BCUT2D eigenvalue weighted by molar-refractivity contribution is 0.0504. The standard InChI is InChI=1S/C19H19NO5/c1-3-11-25-19(23)13-7-9-16(10-8-13)20-17(21)14-5-4-6-15(12-14)18(22)24-2/h4-10,12H,3,11H2,1-2H3,(H,20,21). The third-order valence-corrected chi connectivity index (χ3v) is 3.36. The average Bonchev–Trinajstić information content (AvgIpc) is 2.66. The third-order valence-electron chi connectivity index (χ3n) is 3.36. The minimum atomic E-state index is -0.510. The number of methoxy groups -OCH3 is 1. The van der Waals surface area contributed by atoms with Crippen molar-refractivity contribution < 1.29 is 23.9 Å². The first-order valence-corrected chi connectivity index (χ1v) is 7.82. The average molecular weight is 341 g/mol. The highest BCUT2D eigenvalue weighted by atomic mass is 16.5. The maximum atomic E-state index is 12.3. The van der Waals surface area contributed by atoms with Gasteiger partial charge in [-0.2, -0.15) is 0 Å². The van der Waals surface area contributed by atoms with Crippen LogP contribution in [0.1, 0.15) is 44.4 Å². The molecule has 2 aromatic rings. The Labute approximate surface area is 145 Å². The molecule has 1 amide bonds. The van der Waals surface area contributed by atoms with E-state index < -0.39 is 11.9 Å². The molecule has 0 spiro atoms. The van der Waals surface area contributed by atoms with E-state index in [1.54, 1.807) is 42.5 Å². The minimum Gasteiger partial charge on any atom is -0.465 e. The molecule has 0 unspecified atom stereocenters. The first-order chi connectivity index (χ1) is 12.0. The van der Waals surface area contributed by atoms with Gasteiger partial charge < -0.3 is 14.8 Å². The number of hydrogen-bond donors (Lipinski definition) is 1. The Morgan fingerprint density at radius 2 is 1.60 bits per heavy atom. The lowest BCUT2D eigenvalue weighted by atomic mass is 10.1. The quantitative estimate of drug-likeness (QED) is 0.815. The molecule has 1 N–H and O–H groups in total. The number of rotatable bonds is 6. The Morgan fingerprint density at radius 3 is 2.24 bits per heavy atom. The van der Waals surface area contributed by atoms with Crippen LogP contribution in [0.25, 0.3) is 0 Å². The maximum Gasteiger partial charge on any atom is 0.338 e. The number of anilines is 1. The summed E-state index contributed by atoms with van der Waals surface area (Å²) in [5.41, 5.74) is 1.57. The predicted molar refractivity (Wildman–Crippen MR) is 92.8 cm³/mol. The van der Waals surface area contributed by atoms with Crippen LogP contribution in [-0.2, 0) is 9.47 Å². The second-order valence-corrected chi connectivity index (χ2v) is 5.24. The van der Waals surface area contributed by atoms with Gasteiger partial charge in [0.05, 0.1) is 24.8 Å². The van der Waals surface area contributed by atoms with Gasteiger partial charge in [0.1, 0.15) is 0 Å². The van der Waals surface area contributed by atoms with Gasteiger partial charge >= 0.3 is 11.9 Å². The number of nitrogens with one attached hydrogen (secondary N) is 1. The van der Waals surface area contributed by atoms with E-state index in [1.807, 2.05) is 6.92 Å². The van der Waals surface area contributed by atoms with Crippen LogP contribution < -0.4 is 5.32 Å². The molecule has 6 heteroatoms. The normalized spacial score (nSPS) is 10.0. The van der Waals surface area contributed by atoms with E-state index in [0.717, 1.165) is 6.42 Å². The molecule has 0 aliphatic heterocycles. The maximum absolute atomic E-state index is 12.3. The SMILES string of the molecule is CCCOC(=O)c1ccc(NC(=O)c2cccc(C(=O)OC)c2)cc1. The molecule has 0 fully saturated rings. The Balaban J connectivity index is 2.05. The van der Waals surface area contributed by atoms with Crippen LogP contribution in [0.15, 0.2) is 48.5 Å². The summed E-state index contributed by atoms with van der Waals surface area (Å²) < 4.78 is 9.68. The molecular weight excluding hydrogens is 322 g/mol. The van der Waals surface area contributed by atoms with Crippen molar-refractivity contribution in [1.82, 2.24) is 0 Å². The summed E-state index contributed by atoms with van der Waals surface area (Å²) in [7, 11) is 1.28. The number of amides is 1. The fourth-order valence-corrected chi connectivity index (χ4v) is 2.08. The minimum absolute atomic E-state index is 0.296. The van der Waals surface area contributed by atoms with E-state index >= 15 is 0 Å². The summed E-state index contributed by atoms with van der Waals surface area (Å²) in [5.74, 6) is -1.28. The Kier molecular flexibility index (Phi) is 6.28. The van der Waals surface area contributed by atoms with E-state index in [1.165, 1.54) is 13.2 Å². The zero-order valence-corrected chi connectivity index (χ0v) is 14.1. The summed E-state index contributed by atoms with van der Waals surface area (Å²) in [6.07, 6.45) is 0.754. The van der Waals surface area contributed by atoms with E-state index in [0.29, 0.717) is 29.0 Å². The second kappa shape index (κ2) is 8.63. The predicted octanol–water partition coefficient (Wildman–Crippen LogP) is 3.29. The van der Waals surface area contributed by atoms with E-state index in [9.17, 15) is 14.4 Å². The topological polar surface area (TPSA) is 81.7 Å². The molecule has 0 bridgehead atoms. The van der Waals surface area contributed by atoms with Crippen molar-refractivity contribution in [3.8, 4) is 0 Å². The van der Waals surface area contributed by atoms with Crippen LogP contribution in [0.4, 0.5) is 5.69 Å². The van der Waals surface area contributed by atoms with Crippen LogP contribution in [0.5, 0.6) is 0 Å². The number of hydrogen-bond acceptors (Lipinski definition) is 5. The molecule has 0 aromatic heterocycles. The van der Waals surface area contributed by atoms with Gasteiger partial charge in [-0.15, -0.1) is 0 Å². The fourth-order valence-electron chi connectivity index (χ4n) is 2.08. The monoisotopic (exact) mass is 341 g/mol. The zero-order chi connectivity index (χ0) is 18.2. The largest absolute Gasteiger partial charge is 0.465 e. The van der Waals surface area contributed by atoms with Gasteiger partial charge in [0.2, 0.25) is 0 Å². The van der Waals surface area contributed by atoms with Crippen LogP contribution in [0, 0.1) is 0 Å². The number of esters is 2. The first-order valence-electron chi connectivity index (χ1n) is 7.82. The molecule has 0 saturated heterocycles. The van der Waals surface area contributed by atoms with Gasteiger partial charge in [0.15, 0.2) is 0 Å². The van der Waals surface area contributed by atoms with E-state index in [-0.39, 0.29) is 5.91 Å². The lowest BCUT2D eigenvalue weighted by Gasteiger charge is -2.08. The molecule has 0 radical (unpaired) electrons. The summed E-state index contributed by atoms with van der Waals surface area (Å²) in [6.45, 7) is 2.29. The molecule has 130 valence electrons. The Hall–Kier alpha value is -3.15. The number of ether oxygens (including phenoxy) is 2. The summed E-state index contributed by atoms with van der Waals surface area (Å²) in [4.78, 5) is 35.5. The van der Waals surface area contributed by atoms with Crippen LogP contribution in [-0.4, -0.2) is 31.6 Å². The van der Waals surface area contributed by atoms with Gasteiger partial charge in [-0.05, 0) is 48.9 Å². The highest BCUT2D eigenvalue weighted by molar-refractivity contribution is 6.05.